The third kappa shape index (κ3) is 6.03. The summed E-state index contributed by atoms with van der Waals surface area (Å²) in [6, 6.07) is 7.78. The van der Waals surface area contributed by atoms with Crippen molar-refractivity contribution in [1.82, 2.24) is 10.2 Å². The smallest absolute Gasteiger partial charge is 0.255 e. The number of nitrogens with one attached hydrogen (secondary N) is 1. The number of carbonyl (C=O) groups excluding carboxylic acids is 1. The molecule has 1 aromatic rings. The number of benzene rings is 1. The molecule has 0 saturated carbocycles. The molecule has 0 aliphatic carbocycles. The van der Waals surface area contributed by atoms with Crippen LogP contribution >= 0.6 is 0 Å². The fourth-order valence-corrected chi connectivity index (χ4v) is 1.99. The predicted molar refractivity (Wildman–Crippen MR) is 88.5 cm³/mol. The molecule has 0 unspecified atom stereocenters. The van der Waals surface area contributed by atoms with Gasteiger partial charge < -0.3 is 19.7 Å². The van der Waals surface area contributed by atoms with Crippen LogP contribution in [0.3, 0.4) is 0 Å². The lowest BCUT2D eigenvalue weighted by atomic mass is 10.2. The predicted octanol–water partition coefficient (Wildman–Crippen LogP) is 2.17. The molecule has 0 aliphatic heterocycles. The Hall–Kier alpha value is -1.59. The number of amides is 1. The fourth-order valence-electron chi connectivity index (χ4n) is 1.99. The van der Waals surface area contributed by atoms with Gasteiger partial charge in [0, 0.05) is 26.2 Å². The first kappa shape index (κ1) is 18.5. The fraction of sp³-hybridized carbons (Fsp3) is 0.588. The quantitative estimate of drug-likeness (QED) is 0.673. The zero-order valence-corrected chi connectivity index (χ0v) is 14.1. The average Bonchev–Trinajstić information content (AvgIpc) is 2.54. The Balaban J connectivity index is 2.51. The zero-order valence-electron chi connectivity index (χ0n) is 14.1. The van der Waals surface area contributed by atoms with Gasteiger partial charge >= 0.3 is 0 Å². The second kappa shape index (κ2) is 10.2. The highest BCUT2D eigenvalue weighted by Gasteiger charge is 2.12. The monoisotopic (exact) mass is 308 g/mol. The summed E-state index contributed by atoms with van der Waals surface area (Å²) in [5.74, 6) is 0.484. The molecule has 0 fully saturated rings. The van der Waals surface area contributed by atoms with Gasteiger partial charge in [-0.25, -0.2) is 0 Å². The maximum absolute atomic E-state index is 12.3. The normalized spacial score (nSPS) is 12.2. The Bertz CT molecular complexity index is 451. The molecule has 5 heteroatoms. The first-order valence-corrected chi connectivity index (χ1v) is 7.79. The van der Waals surface area contributed by atoms with Gasteiger partial charge in [-0.15, -0.1) is 0 Å². The first-order valence-electron chi connectivity index (χ1n) is 7.79. The number of carbonyl (C=O) groups is 1. The van der Waals surface area contributed by atoms with Crippen molar-refractivity contribution in [3.05, 3.63) is 29.8 Å². The van der Waals surface area contributed by atoms with Crippen LogP contribution in [0.5, 0.6) is 5.75 Å². The van der Waals surface area contributed by atoms with E-state index in [1.165, 1.54) is 0 Å². The van der Waals surface area contributed by atoms with Crippen molar-refractivity contribution in [2.24, 2.45) is 0 Å². The summed E-state index contributed by atoms with van der Waals surface area (Å²) in [5, 5.41) is 2.95. The van der Waals surface area contributed by atoms with E-state index in [9.17, 15) is 4.79 Å². The molecule has 1 N–H and O–H groups in total. The molecule has 0 saturated heterocycles. The summed E-state index contributed by atoms with van der Waals surface area (Å²) in [6.45, 7) is 6.71. The van der Waals surface area contributed by atoms with Gasteiger partial charge in [0.2, 0.25) is 0 Å². The molecule has 0 aliphatic rings. The third-order valence-corrected chi connectivity index (χ3v) is 3.77. The molecule has 0 radical (unpaired) electrons. The number of hydrogen-bond donors (Lipinski definition) is 1. The minimum Gasteiger partial charge on any atom is -0.490 e. The van der Waals surface area contributed by atoms with Crippen molar-refractivity contribution in [3.63, 3.8) is 0 Å². The number of ether oxygens (including phenoxy) is 2. The van der Waals surface area contributed by atoms with Crippen LogP contribution < -0.4 is 10.1 Å². The number of likely N-dealkylation sites (N-methyl/N-ethyl adjacent to an activating group) is 1. The molecule has 0 spiro atoms. The van der Waals surface area contributed by atoms with Gasteiger partial charge in [-0.2, -0.15) is 0 Å². The molecule has 1 rings (SSSR count). The van der Waals surface area contributed by atoms with E-state index < -0.39 is 0 Å². The molecule has 124 valence electrons. The minimum atomic E-state index is -0.106. The van der Waals surface area contributed by atoms with Crippen molar-refractivity contribution in [1.29, 1.82) is 0 Å². The van der Waals surface area contributed by atoms with Gasteiger partial charge in [0.25, 0.3) is 5.91 Å². The molecule has 1 amide bonds. The first-order chi connectivity index (χ1) is 10.6. The van der Waals surface area contributed by atoms with Crippen LogP contribution in [0.2, 0.25) is 0 Å². The van der Waals surface area contributed by atoms with Crippen molar-refractivity contribution in [3.8, 4) is 5.75 Å². The maximum Gasteiger partial charge on any atom is 0.255 e. The van der Waals surface area contributed by atoms with Crippen LogP contribution in [0.25, 0.3) is 0 Å². The number of para-hydroxylation sites is 1. The van der Waals surface area contributed by atoms with Crippen LogP contribution in [-0.4, -0.2) is 57.3 Å². The van der Waals surface area contributed by atoms with Crippen molar-refractivity contribution in [2.45, 2.75) is 26.3 Å². The molecule has 1 atom stereocenters. The summed E-state index contributed by atoms with van der Waals surface area (Å²) < 4.78 is 10.5. The van der Waals surface area contributed by atoms with Crippen LogP contribution in [0.4, 0.5) is 0 Å². The van der Waals surface area contributed by atoms with Crippen LogP contribution in [0.1, 0.15) is 30.6 Å². The van der Waals surface area contributed by atoms with Crippen LogP contribution in [-0.2, 0) is 4.74 Å². The average molecular weight is 308 g/mol. The number of hydrogen-bond acceptors (Lipinski definition) is 4. The van der Waals surface area contributed by atoms with E-state index in [1.807, 2.05) is 12.1 Å². The van der Waals surface area contributed by atoms with Gasteiger partial charge in [-0.05, 0) is 32.5 Å². The third-order valence-electron chi connectivity index (χ3n) is 3.77. The highest BCUT2D eigenvalue weighted by molar-refractivity contribution is 5.96. The standard InChI is InChI=1S/C17H28N2O3/c1-5-14(2)19(3)11-10-18-17(20)15-8-6-7-9-16(15)22-13-12-21-4/h6-9,14H,5,10-13H2,1-4H3,(H,18,20)/t14-/m0/s1. The maximum atomic E-state index is 12.3. The Labute approximate surface area is 133 Å². The van der Waals surface area contributed by atoms with E-state index in [4.69, 9.17) is 9.47 Å². The summed E-state index contributed by atoms with van der Waals surface area (Å²) in [7, 11) is 3.69. The molecule has 5 nitrogen and oxygen atoms in total. The van der Waals surface area contributed by atoms with E-state index in [0.717, 1.165) is 13.0 Å². The van der Waals surface area contributed by atoms with Crippen LogP contribution in [0, 0.1) is 0 Å². The zero-order chi connectivity index (χ0) is 16.4. The molecule has 1 aromatic carbocycles. The molecule has 0 bridgehead atoms. The molecule has 0 heterocycles. The number of nitrogens with zero attached hydrogens (tertiary/aromatic N) is 1. The van der Waals surface area contributed by atoms with E-state index in [0.29, 0.717) is 37.1 Å². The Kier molecular flexibility index (Phi) is 8.55. The molecular weight excluding hydrogens is 280 g/mol. The lowest BCUT2D eigenvalue weighted by Gasteiger charge is -2.23. The lowest BCUT2D eigenvalue weighted by molar-refractivity contribution is 0.0939. The van der Waals surface area contributed by atoms with Crippen molar-refractivity contribution < 1.29 is 14.3 Å². The van der Waals surface area contributed by atoms with E-state index >= 15 is 0 Å². The van der Waals surface area contributed by atoms with Crippen LogP contribution in [0.15, 0.2) is 24.3 Å². The van der Waals surface area contributed by atoms with Gasteiger partial charge in [0.1, 0.15) is 12.4 Å². The van der Waals surface area contributed by atoms with Gasteiger partial charge in [-0.3, -0.25) is 4.79 Å². The SMILES string of the molecule is CC[C@H](C)N(C)CCNC(=O)c1ccccc1OCCOC. The number of methoxy groups -OCH3 is 1. The summed E-state index contributed by atoms with van der Waals surface area (Å²) in [4.78, 5) is 14.5. The molecule has 22 heavy (non-hydrogen) atoms. The van der Waals surface area contributed by atoms with Crippen molar-refractivity contribution >= 4 is 5.91 Å². The van der Waals surface area contributed by atoms with E-state index in [1.54, 1.807) is 19.2 Å². The minimum absolute atomic E-state index is 0.106. The second-order valence-electron chi connectivity index (χ2n) is 5.33. The summed E-state index contributed by atoms with van der Waals surface area (Å²) in [5.41, 5.74) is 0.560. The van der Waals surface area contributed by atoms with E-state index in [2.05, 4.69) is 31.1 Å². The largest absolute Gasteiger partial charge is 0.490 e. The van der Waals surface area contributed by atoms with Gasteiger partial charge in [0.05, 0.1) is 12.2 Å². The summed E-state index contributed by atoms with van der Waals surface area (Å²) in [6.07, 6.45) is 1.10. The summed E-state index contributed by atoms with van der Waals surface area (Å²) >= 11 is 0. The van der Waals surface area contributed by atoms with E-state index in [-0.39, 0.29) is 5.91 Å². The van der Waals surface area contributed by atoms with Crippen molar-refractivity contribution in [2.75, 3.05) is 40.5 Å². The second-order valence-corrected chi connectivity index (χ2v) is 5.33. The highest BCUT2D eigenvalue weighted by Crippen LogP contribution is 2.17. The van der Waals surface area contributed by atoms with Gasteiger partial charge in [-0.1, -0.05) is 19.1 Å². The molecule has 0 aromatic heterocycles. The highest BCUT2D eigenvalue weighted by atomic mass is 16.5. The Morgan fingerprint density at radius 3 is 2.73 bits per heavy atom. The Morgan fingerprint density at radius 2 is 2.05 bits per heavy atom. The molecular formula is C17H28N2O3. The lowest BCUT2D eigenvalue weighted by Crippen LogP contribution is -2.37. The topological polar surface area (TPSA) is 50.8 Å². The number of rotatable bonds is 10. The van der Waals surface area contributed by atoms with Gasteiger partial charge in [0.15, 0.2) is 0 Å². The Morgan fingerprint density at radius 1 is 1.32 bits per heavy atom.